The maximum atomic E-state index is 11.5. The molecular formula is C13H16N2O3. The molecule has 0 aliphatic rings. The summed E-state index contributed by atoms with van der Waals surface area (Å²) in [6, 6.07) is 6.53. The summed E-state index contributed by atoms with van der Waals surface area (Å²) in [7, 11) is 1.48. The third-order valence-electron chi connectivity index (χ3n) is 2.14. The van der Waals surface area contributed by atoms with Gasteiger partial charge in [-0.05, 0) is 18.2 Å². The van der Waals surface area contributed by atoms with Gasteiger partial charge in [0.05, 0.1) is 12.7 Å². The van der Waals surface area contributed by atoms with E-state index in [0.29, 0.717) is 11.3 Å². The average molecular weight is 248 g/mol. The van der Waals surface area contributed by atoms with Crippen LogP contribution in [0.1, 0.15) is 5.56 Å². The van der Waals surface area contributed by atoms with Gasteiger partial charge in [-0.2, -0.15) is 0 Å². The number of carbonyl (C=O) groups is 1. The van der Waals surface area contributed by atoms with Gasteiger partial charge in [-0.1, -0.05) is 12.0 Å². The fourth-order valence-electron chi connectivity index (χ4n) is 1.32. The van der Waals surface area contributed by atoms with Crippen LogP contribution in [0.4, 0.5) is 10.5 Å². The molecule has 1 aromatic carbocycles. The highest BCUT2D eigenvalue weighted by molar-refractivity contribution is 5.89. The Labute approximate surface area is 106 Å². The van der Waals surface area contributed by atoms with Crippen molar-refractivity contribution < 1.29 is 14.6 Å². The minimum Gasteiger partial charge on any atom is -0.389 e. The smallest absolute Gasteiger partial charge is 0.319 e. The molecule has 0 aliphatic heterocycles. The van der Waals surface area contributed by atoms with Gasteiger partial charge in [0.1, 0.15) is 0 Å². The van der Waals surface area contributed by atoms with Crippen LogP contribution in [0, 0.1) is 12.3 Å². The maximum absolute atomic E-state index is 11.5. The predicted molar refractivity (Wildman–Crippen MR) is 69.3 cm³/mol. The molecule has 0 aromatic heterocycles. The Hall–Kier alpha value is -2.03. The van der Waals surface area contributed by atoms with E-state index in [4.69, 9.17) is 11.2 Å². The number of anilines is 1. The van der Waals surface area contributed by atoms with E-state index >= 15 is 0 Å². The second-order valence-corrected chi connectivity index (χ2v) is 3.67. The molecule has 0 heterocycles. The minimum absolute atomic E-state index is 0.120. The molecule has 1 aromatic rings. The van der Waals surface area contributed by atoms with Crippen LogP contribution in [0.2, 0.25) is 0 Å². The number of amides is 2. The van der Waals surface area contributed by atoms with E-state index in [-0.39, 0.29) is 13.2 Å². The average Bonchev–Trinajstić information content (AvgIpc) is 2.37. The quantitative estimate of drug-likeness (QED) is 0.675. The summed E-state index contributed by atoms with van der Waals surface area (Å²) in [6.45, 7) is 0.293. The molecule has 3 N–H and O–H groups in total. The van der Waals surface area contributed by atoms with E-state index in [2.05, 4.69) is 16.6 Å². The Kier molecular flexibility index (Phi) is 5.71. The van der Waals surface area contributed by atoms with Crippen LogP contribution < -0.4 is 10.6 Å². The van der Waals surface area contributed by atoms with E-state index in [0.717, 1.165) is 0 Å². The highest BCUT2D eigenvalue weighted by Gasteiger charge is 2.06. The molecule has 2 amide bonds. The number of benzene rings is 1. The van der Waals surface area contributed by atoms with E-state index in [9.17, 15) is 9.90 Å². The van der Waals surface area contributed by atoms with Crippen molar-refractivity contribution in [2.75, 3.05) is 25.6 Å². The van der Waals surface area contributed by atoms with E-state index in [1.165, 1.54) is 7.11 Å². The summed E-state index contributed by atoms with van der Waals surface area (Å²) in [5, 5.41) is 14.5. The summed E-state index contributed by atoms with van der Waals surface area (Å²) in [4.78, 5) is 11.5. The molecule has 0 saturated carbocycles. The summed E-state index contributed by atoms with van der Waals surface area (Å²) in [5.74, 6) is 2.48. The monoisotopic (exact) mass is 248 g/mol. The molecular weight excluding hydrogens is 232 g/mol. The number of carbonyl (C=O) groups excluding carboxylic acids is 1. The van der Waals surface area contributed by atoms with Crippen molar-refractivity contribution in [3.8, 4) is 12.3 Å². The third kappa shape index (κ3) is 4.87. The first-order valence-corrected chi connectivity index (χ1v) is 5.44. The maximum Gasteiger partial charge on any atom is 0.319 e. The van der Waals surface area contributed by atoms with E-state index in [1.54, 1.807) is 24.3 Å². The Balaban J connectivity index is 2.42. The number of rotatable bonds is 5. The number of hydrogen-bond donors (Lipinski definition) is 3. The van der Waals surface area contributed by atoms with Crippen LogP contribution >= 0.6 is 0 Å². The van der Waals surface area contributed by atoms with Crippen LogP contribution in [-0.4, -0.2) is 37.5 Å². The van der Waals surface area contributed by atoms with Gasteiger partial charge in [0.25, 0.3) is 0 Å². The topological polar surface area (TPSA) is 70.6 Å². The zero-order chi connectivity index (χ0) is 13.4. The van der Waals surface area contributed by atoms with Crippen molar-refractivity contribution in [1.29, 1.82) is 0 Å². The standard InChI is InChI=1S/C13H16N2O3/c1-3-10-5-4-6-11(7-10)15-13(17)14-8-12(16)9-18-2/h1,4-7,12,16H,8-9H2,2H3,(H2,14,15,17). The summed E-state index contributed by atoms with van der Waals surface area (Å²) in [6.07, 6.45) is 4.53. The minimum atomic E-state index is -0.724. The van der Waals surface area contributed by atoms with Gasteiger partial charge >= 0.3 is 6.03 Å². The van der Waals surface area contributed by atoms with Crippen LogP contribution in [-0.2, 0) is 4.74 Å². The van der Waals surface area contributed by atoms with Gasteiger partial charge < -0.3 is 20.5 Å². The molecule has 0 radical (unpaired) electrons. The Morgan fingerprint density at radius 2 is 2.39 bits per heavy atom. The number of urea groups is 1. The van der Waals surface area contributed by atoms with Crippen molar-refractivity contribution in [2.24, 2.45) is 0 Å². The fraction of sp³-hybridized carbons (Fsp3) is 0.308. The van der Waals surface area contributed by atoms with Crippen molar-refractivity contribution in [3.63, 3.8) is 0 Å². The fourth-order valence-corrected chi connectivity index (χ4v) is 1.32. The number of ether oxygens (including phenoxy) is 1. The van der Waals surface area contributed by atoms with Crippen molar-refractivity contribution in [1.82, 2.24) is 5.32 Å². The first-order chi connectivity index (χ1) is 8.65. The lowest BCUT2D eigenvalue weighted by atomic mass is 10.2. The number of aliphatic hydroxyl groups excluding tert-OH is 1. The number of nitrogens with one attached hydrogen (secondary N) is 2. The second-order valence-electron chi connectivity index (χ2n) is 3.67. The third-order valence-corrected chi connectivity index (χ3v) is 2.14. The number of hydrogen-bond acceptors (Lipinski definition) is 3. The van der Waals surface area contributed by atoms with Gasteiger partial charge in [-0.15, -0.1) is 6.42 Å². The summed E-state index contributed by atoms with van der Waals surface area (Å²) in [5.41, 5.74) is 1.29. The zero-order valence-corrected chi connectivity index (χ0v) is 10.1. The highest BCUT2D eigenvalue weighted by atomic mass is 16.5. The van der Waals surface area contributed by atoms with Gasteiger partial charge in [0.15, 0.2) is 0 Å². The molecule has 1 atom stereocenters. The molecule has 1 unspecified atom stereocenters. The lowest BCUT2D eigenvalue weighted by Crippen LogP contribution is -2.37. The first-order valence-electron chi connectivity index (χ1n) is 5.44. The predicted octanol–water partition coefficient (Wildman–Crippen LogP) is 0.797. The van der Waals surface area contributed by atoms with Crippen LogP contribution in [0.25, 0.3) is 0 Å². The Morgan fingerprint density at radius 1 is 1.61 bits per heavy atom. The van der Waals surface area contributed by atoms with Crippen LogP contribution in [0.5, 0.6) is 0 Å². The summed E-state index contributed by atoms with van der Waals surface area (Å²) < 4.78 is 4.74. The van der Waals surface area contributed by atoms with Crippen molar-refractivity contribution in [3.05, 3.63) is 29.8 Å². The molecule has 0 fully saturated rings. The Bertz CT molecular complexity index is 440. The second kappa shape index (κ2) is 7.33. The molecule has 1 rings (SSSR count). The number of aliphatic hydroxyl groups is 1. The summed E-state index contributed by atoms with van der Waals surface area (Å²) >= 11 is 0. The molecule has 0 spiro atoms. The number of terminal acetylenes is 1. The molecule has 18 heavy (non-hydrogen) atoms. The lowest BCUT2D eigenvalue weighted by Gasteiger charge is -2.11. The zero-order valence-electron chi connectivity index (χ0n) is 10.1. The largest absolute Gasteiger partial charge is 0.389 e. The van der Waals surface area contributed by atoms with Gasteiger partial charge in [0.2, 0.25) is 0 Å². The molecule has 0 saturated heterocycles. The van der Waals surface area contributed by atoms with Gasteiger partial charge in [-0.25, -0.2) is 4.79 Å². The van der Waals surface area contributed by atoms with Crippen LogP contribution in [0.15, 0.2) is 24.3 Å². The normalized spacial score (nSPS) is 11.4. The molecule has 0 aliphatic carbocycles. The lowest BCUT2D eigenvalue weighted by molar-refractivity contribution is 0.0663. The van der Waals surface area contributed by atoms with Gasteiger partial charge in [-0.3, -0.25) is 0 Å². The molecule has 0 bridgehead atoms. The first kappa shape index (κ1) is 14.0. The van der Waals surface area contributed by atoms with Crippen molar-refractivity contribution in [2.45, 2.75) is 6.10 Å². The molecule has 5 nitrogen and oxygen atoms in total. The van der Waals surface area contributed by atoms with Gasteiger partial charge in [0, 0.05) is 24.9 Å². The van der Waals surface area contributed by atoms with E-state index in [1.807, 2.05) is 0 Å². The SMILES string of the molecule is C#Cc1cccc(NC(=O)NCC(O)COC)c1. The molecule has 5 heteroatoms. The highest BCUT2D eigenvalue weighted by Crippen LogP contribution is 2.09. The van der Waals surface area contributed by atoms with E-state index < -0.39 is 12.1 Å². The Morgan fingerprint density at radius 3 is 3.06 bits per heavy atom. The number of methoxy groups -OCH3 is 1. The van der Waals surface area contributed by atoms with Crippen LogP contribution in [0.3, 0.4) is 0 Å². The molecule has 96 valence electrons. The van der Waals surface area contributed by atoms with Crippen molar-refractivity contribution >= 4 is 11.7 Å².